The molecule has 0 bridgehead atoms. The van der Waals surface area contributed by atoms with E-state index in [1.807, 2.05) is 13.8 Å². The van der Waals surface area contributed by atoms with Gasteiger partial charge in [-0.15, -0.1) is 0 Å². The maximum atomic E-state index is 10.6. The SMILES string of the molecule is CC(C)CC(C)(O)CNc1cnc(C(=O)O)cn1. The second-order valence-electron chi connectivity index (χ2n) is 5.04. The van der Waals surface area contributed by atoms with Crippen molar-refractivity contribution in [3.63, 3.8) is 0 Å². The molecule has 1 atom stereocenters. The molecule has 1 rings (SSSR count). The Hall–Kier alpha value is -1.69. The maximum absolute atomic E-state index is 10.6. The lowest BCUT2D eigenvalue weighted by Gasteiger charge is -2.25. The smallest absolute Gasteiger partial charge is 0.356 e. The van der Waals surface area contributed by atoms with Crippen molar-refractivity contribution in [3.8, 4) is 0 Å². The van der Waals surface area contributed by atoms with Gasteiger partial charge >= 0.3 is 5.97 Å². The topological polar surface area (TPSA) is 95.3 Å². The summed E-state index contributed by atoms with van der Waals surface area (Å²) < 4.78 is 0. The van der Waals surface area contributed by atoms with E-state index in [1.54, 1.807) is 6.92 Å². The van der Waals surface area contributed by atoms with Gasteiger partial charge in [0.25, 0.3) is 0 Å². The molecule has 0 saturated carbocycles. The predicted molar refractivity (Wildman–Crippen MR) is 67.6 cm³/mol. The van der Waals surface area contributed by atoms with Crippen LogP contribution in [0.1, 0.15) is 37.7 Å². The molecule has 0 aliphatic heterocycles. The molecule has 6 heteroatoms. The van der Waals surface area contributed by atoms with Crippen molar-refractivity contribution in [3.05, 3.63) is 18.1 Å². The van der Waals surface area contributed by atoms with E-state index in [1.165, 1.54) is 12.4 Å². The standard InChI is InChI=1S/C12H19N3O3/c1-8(2)4-12(3,18)7-15-10-6-13-9(5-14-10)11(16)17/h5-6,8,18H,4,7H2,1-3H3,(H,14,15)(H,16,17). The van der Waals surface area contributed by atoms with E-state index in [0.29, 0.717) is 24.7 Å². The average Bonchev–Trinajstić information content (AvgIpc) is 2.25. The van der Waals surface area contributed by atoms with E-state index in [4.69, 9.17) is 5.11 Å². The van der Waals surface area contributed by atoms with E-state index in [0.717, 1.165) is 0 Å². The first kappa shape index (κ1) is 14.4. The van der Waals surface area contributed by atoms with Gasteiger partial charge < -0.3 is 15.5 Å². The highest BCUT2D eigenvalue weighted by Crippen LogP contribution is 2.16. The molecule has 0 amide bonds. The van der Waals surface area contributed by atoms with Crippen molar-refractivity contribution < 1.29 is 15.0 Å². The van der Waals surface area contributed by atoms with Gasteiger partial charge in [0.15, 0.2) is 5.69 Å². The summed E-state index contributed by atoms with van der Waals surface area (Å²) in [7, 11) is 0. The molecule has 0 aromatic carbocycles. The number of hydrogen-bond donors (Lipinski definition) is 3. The van der Waals surface area contributed by atoms with E-state index in [-0.39, 0.29) is 5.69 Å². The van der Waals surface area contributed by atoms with Crippen LogP contribution in [0.3, 0.4) is 0 Å². The zero-order valence-corrected chi connectivity index (χ0v) is 10.8. The molecule has 0 aliphatic rings. The van der Waals surface area contributed by atoms with Crippen LogP contribution in [0.2, 0.25) is 0 Å². The van der Waals surface area contributed by atoms with Crippen molar-refractivity contribution in [2.75, 3.05) is 11.9 Å². The molecule has 3 N–H and O–H groups in total. The van der Waals surface area contributed by atoms with Crippen LogP contribution in [-0.2, 0) is 0 Å². The molecular weight excluding hydrogens is 234 g/mol. The third-order valence-electron chi connectivity index (χ3n) is 2.37. The first-order chi connectivity index (χ1) is 8.30. The number of aromatic nitrogens is 2. The molecule has 1 heterocycles. The lowest BCUT2D eigenvalue weighted by Crippen LogP contribution is -2.35. The summed E-state index contributed by atoms with van der Waals surface area (Å²) in [6, 6.07) is 0. The van der Waals surface area contributed by atoms with Gasteiger partial charge in [-0.3, -0.25) is 0 Å². The molecule has 6 nitrogen and oxygen atoms in total. The minimum atomic E-state index is -1.11. The largest absolute Gasteiger partial charge is 0.476 e. The highest BCUT2D eigenvalue weighted by atomic mass is 16.4. The fraction of sp³-hybridized carbons (Fsp3) is 0.583. The van der Waals surface area contributed by atoms with Crippen molar-refractivity contribution in [2.24, 2.45) is 5.92 Å². The fourth-order valence-corrected chi connectivity index (χ4v) is 1.76. The molecule has 1 unspecified atom stereocenters. The molecule has 0 radical (unpaired) electrons. The number of carbonyl (C=O) groups is 1. The number of aromatic carboxylic acids is 1. The number of nitrogens with zero attached hydrogens (tertiary/aromatic N) is 2. The predicted octanol–water partition coefficient (Wildman–Crippen LogP) is 1.38. The Morgan fingerprint density at radius 2 is 2.11 bits per heavy atom. The normalized spacial score (nSPS) is 14.3. The number of rotatable bonds is 6. The maximum Gasteiger partial charge on any atom is 0.356 e. The van der Waals surface area contributed by atoms with Crippen LogP contribution in [0.5, 0.6) is 0 Å². The van der Waals surface area contributed by atoms with Gasteiger partial charge in [0.1, 0.15) is 5.82 Å². The molecule has 0 saturated heterocycles. The number of aliphatic hydroxyl groups is 1. The number of anilines is 1. The lowest BCUT2D eigenvalue weighted by atomic mass is 9.94. The van der Waals surface area contributed by atoms with Gasteiger partial charge in [-0.25, -0.2) is 14.8 Å². The van der Waals surface area contributed by atoms with Gasteiger partial charge in [-0.05, 0) is 19.3 Å². The zero-order chi connectivity index (χ0) is 13.8. The van der Waals surface area contributed by atoms with Crippen LogP contribution >= 0.6 is 0 Å². The van der Waals surface area contributed by atoms with E-state index < -0.39 is 11.6 Å². The molecule has 0 spiro atoms. The van der Waals surface area contributed by atoms with Crippen molar-refractivity contribution >= 4 is 11.8 Å². The van der Waals surface area contributed by atoms with Crippen LogP contribution in [0.25, 0.3) is 0 Å². The molecule has 1 aromatic heterocycles. The molecule has 1 aromatic rings. The molecule has 0 aliphatic carbocycles. The second kappa shape index (κ2) is 5.77. The Morgan fingerprint density at radius 1 is 1.44 bits per heavy atom. The Balaban J connectivity index is 2.55. The van der Waals surface area contributed by atoms with Crippen LogP contribution in [0, 0.1) is 5.92 Å². The van der Waals surface area contributed by atoms with Gasteiger partial charge in [0, 0.05) is 6.54 Å². The highest BCUT2D eigenvalue weighted by molar-refractivity contribution is 5.84. The van der Waals surface area contributed by atoms with E-state index >= 15 is 0 Å². The van der Waals surface area contributed by atoms with Gasteiger partial charge in [-0.1, -0.05) is 13.8 Å². The quantitative estimate of drug-likeness (QED) is 0.709. The van der Waals surface area contributed by atoms with Crippen molar-refractivity contribution in [1.29, 1.82) is 0 Å². The monoisotopic (exact) mass is 253 g/mol. The Labute approximate surface area is 106 Å². The lowest BCUT2D eigenvalue weighted by molar-refractivity contribution is 0.0514. The molecule has 18 heavy (non-hydrogen) atoms. The Bertz CT molecular complexity index is 402. The summed E-state index contributed by atoms with van der Waals surface area (Å²) in [4.78, 5) is 18.2. The minimum absolute atomic E-state index is 0.102. The van der Waals surface area contributed by atoms with Crippen LogP contribution in [0.4, 0.5) is 5.82 Å². The van der Waals surface area contributed by atoms with Crippen LogP contribution < -0.4 is 5.32 Å². The van der Waals surface area contributed by atoms with Gasteiger partial charge in [0.2, 0.25) is 0 Å². The average molecular weight is 253 g/mol. The number of nitrogens with one attached hydrogen (secondary N) is 1. The fourth-order valence-electron chi connectivity index (χ4n) is 1.76. The second-order valence-corrected chi connectivity index (χ2v) is 5.04. The molecule has 100 valence electrons. The summed E-state index contributed by atoms with van der Waals surface area (Å²) in [6.07, 6.45) is 3.19. The van der Waals surface area contributed by atoms with Crippen LogP contribution in [0.15, 0.2) is 12.4 Å². The third kappa shape index (κ3) is 4.67. The van der Waals surface area contributed by atoms with E-state index in [9.17, 15) is 9.90 Å². The highest BCUT2D eigenvalue weighted by Gasteiger charge is 2.21. The van der Waals surface area contributed by atoms with Gasteiger partial charge in [0.05, 0.1) is 18.0 Å². The van der Waals surface area contributed by atoms with E-state index in [2.05, 4.69) is 15.3 Å². The third-order valence-corrected chi connectivity index (χ3v) is 2.37. The minimum Gasteiger partial charge on any atom is -0.476 e. The number of carboxylic acids is 1. The summed E-state index contributed by atoms with van der Waals surface area (Å²) >= 11 is 0. The van der Waals surface area contributed by atoms with Crippen molar-refractivity contribution in [1.82, 2.24) is 9.97 Å². The zero-order valence-electron chi connectivity index (χ0n) is 10.8. The van der Waals surface area contributed by atoms with Crippen molar-refractivity contribution in [2.45, 2.75) is 32.8 Å². The number of carboxylic acid groups (broad SMARTS) is 1. The number of hydrogen-bond acceptors (Lipinski definition) is 5. The Morgan fingerprint density at radius 3 is 2.56 bits per heavy atom. The summed E-state index contributed by atoms with van der Waals surface area (Å²) in [5.74, 6) is -0.271. The first-order valence-electron chi connectivity index (χ1n) is 5.82. The summed E-state index contributed by atoms with van der Waals surface area (Å²) in [5, 5.41) is 21.7. The molecule has 0 fully saturated rings. The Kier molecular flexibility index (Phi) is 4.61. The van der Waals surface area contributed by atoms with Crippen LogP contribution in [-0.4, -0.2) is 38.3 Å². The molecular formula is C12H19N3O3. The first-order valence-corrected chi connectivity index (χ1v) is 5.82. The summed E-state index contributed by atoms with van der Waals surface area (Å²) in [6.45, 7) is 6.16. The van der Waals surface area contributed by atoms with Gasteiger partial charge in [-0.2, -0.15) is 0 Å². The summed E-state index contributed by atoms with van der Waals surface area (Å²) in [5.41, 5.74) is -0.934.